The second-order valence-corrected chi connectivity index (χ2v) is 6.27. The van der Waals surface area contributed by atoms with Crippen LogP contribution in [0.1, 0.15) is 38.8 Å². The van der Waals surface area contributed by atoms with Crippen molar-refractivity contribution in [3.05, 3.63) is 28.2 Å². The van der Waals surface area contributed by atoms with Crippen LogP contribution in [0.2, 0.25) is 0 Å². The molecule has 3 heteroatoms. The molecule has 0 radical (unpaired) electrons. The lowest BCUT2D eigenvalue weighted by Gasteiger charge is -2.14. The molecule has 0 aliphatic heterocycles. The maximum absolute atomic E-state index is 5.97. The minimum absolute atomic E-state index is 0.104. The Morgan fingerprint density at radius 3 is 2.62 bits per heavy atom. The Balaban J connectivity index is 2.80. The number of nitrogens with two attached hydrogens (primary N) is 1. The first-order valence-electron chi connectivity index (χ1n) is 5.72. The molecular formula is C13H20BrNS. The number of rotatable bonds is 5. The van der Waals surface area contributed by atoms with E-state index in [1.54, 1.807) is 0 Å². The van der Waals surface area contributed by atoms with Crippen molar-refractivity contribution in [1.29, 1.82) is 0 Å². The van der Waals surface area contributed by atoms with Gasteiger partial charge in [-0.1, -0.05) is 42.3 Å². The van der Waals surface area contributed by atoms with Crippen molar-refractivity contribution in [3.63, 3.8) is 0 Å². The zero-order valence-corrected chi connectivity index (χ0v) is 12.6. The SMILES string of the molecule is CCC(C)CSc1cc(Br)ccc1C(C)N. The summed E-state index contributed by atoms with van der Waals surface area (Å²) in [6, 6.07) is 6.46. The second-order valence-electron chi connectivity index (χ2n) is 4.30. The fourth-order valence-electron chi connectivity index (χ4n) is 1.36. The van der Waals surface area contributed by atoms with Gasteiger partial charge in [0.15, 0.2) is 0 Å². The number of hydrogen-bond acceptors (Lipinski definition) is 2. The Morgan fingerprint density at radius 2 is 2.06 bits per heavy atom. The third kappa shape index (κ3) is 4.11. The Kier molecular flexibility index (Phi) is 5.87. The summed E-state index contributed by atoms with van der Waals surface area (Å²) < 4.78 is 1.13. The van der Waals surface area contributed by atoms with Gasteiger partial charge in [-0.2, -0.15) is 0 Å². The zero-order valence-electron chi connectivity index (χ0n) is 10.2. The van der Waals surface area contributed by atoms with Gasteiger partial charge in [0, 0.05) is 21.2 Å². The number of halogens is 1. The second kappa shape index (κ2) is 6.67. The molecule has 1 aromatic rings. The lowest BCUT2D eigenvalue weighted by atomic mass is 10.1. The summed E-state index contributed by atoms with van der Waals surface area (Å²) in [5.74, 6) is 1.91. The van der Waals surface area contributed by atoms with E-state index in [2.05, 4.69) is 48.0 Å². The summed E-state index contributed by atoms with van der Waals surface area (Å²) >= 11 is 5.43. The molecule has 2 N–H and O–H groups in total. The molecule has 0 fully saturated rings. The average Bonchev–Trinajstić information content (AvgIpc) is 2.25. The molecule has 1 rings (SSSR count). The molecule has 0 aromatic heterocycles. The van der Waals surface area contributed by atoms with Crippen molar-refractivity contribution in [1.82, 2.24) is 0 Å². The Bertz CT molecular complexity index is 339. The van der Waals surface area contributed by atoms with Crippen molar-refractivity contribution in [2.75, 3.05) is 5.75 Å². The molecule has 0 saturated carbocycles. The van der Waals surface area contributed by atoms with Crippen molar-refractivity contribution < 1.29 is 0 Å². The topological polar surface area (TPSA) is 26.0 Å². The lowest BCUT2D eigenvalue weighted by Crippen LogP contribution is -2.07. The highest BCUT2D eigenvalue weighted by Crippen LogP contribution is 2.31. The quantitative estimate of drug-likeness (QED) is 0.804. The van der Waals surface area contributed by atoms with Crippen LogP contribution in [0.25, 0.3) is 0 Å². The summed E-state index contributed by atoms with van der Waals surface area (Å²) in [7, 11) is 0. The van der Waals surface area contributed by atoms with Crippen LogP contribution in [0.15, 0.2) is 27.6 Å². The number of benzene rings is 1. The van der Waals surface area contributed by atoms with E-state index in [0.29, 0.717) is 0 Å². The Hall–Kier alpha value is 0.01000. The first-order valence-corrected chi connectivity index (χ1v) is 7.50. The van der Waals surface area contributed by atoms with Gasteiger partial charge >= 0.3 is 0 Å². The third-order valence-corrected chi connectivity index (χ3v) is 4.58. The standard InChI is InChI=1S/C13H20BrNS/c1-4-9(2)8-16-13-7-11(14)5-6-12(13)10(3)15/h5-7,9-10H,4,8,15H2,1-3H3. The van der Waals surface area contributed by atoms with Crippen molar-refractivity contribution in [2.24, 2.45) is 11.7 Å². The van der Waals surface area contributed by atoms with E-state index in [0.717, 1.165) is 16.1 Å². The number of hydrogen-bond donors (Lipinski definition) is 1. The van der Waals surface area contributed by atoms with Crippen LogP contribution in [0.5, 0.6) is 0 Å². The fourth-order valence-corrected chi connectivity index (χ4v) is 3.20. The van der Waals surface area contributed by atoms with Gasteiger partial charge < -0.3 is 5.73 Å². The maximum atomic E-state index is 5.97. The molecule has 2 atom stereocenters. The first-order chi connectivity index (χ1) is 7.54. The molecule has 0 spiro atoms. The van der Waals surface area contributed by atoms with Gasteiger partial charge in [-0.15, -0.1) is 11.8 Å². The third-order valence-electron chi connectivity index (χ3n) is 2.69. The van der Waals surface area contributed by atoms with E-state index < -0.39 is 0 Å². The molecule has 1 nitrogen and oxygen atoms in total. The molecule has 0 heterocycles. The average molecular weight is 302 g/mol. The molecule has 0 amide bonds. The first kappa shape index (κ1) is 14.1. The Morgan fingerprint density at radius 1 is 1.38 bits per heavy atom. The van der Waals surface area contributed by atoms with Gasteiger partial charge in [-0.3, -0.25) is 0 Å². The zero-order chi connectivity index (χ0) is 12.1. The van der Waals surface area contributed by atoms with Gasteiger partial charge in [0.05, 0.1) is 0 Å². The molecular weight excluding hydrogens is 282 g/mol. The predicted molar refractivity (Wildman–Crippen MR) is 76.9 cm³/mol. The minimum Gasteiger partial charge on any atom is -0.324 e. The van der Waals surface area contributed by atoms with Crippen LogP contribution in [-0.2, 0) is 0 Å². The molecule has 0 saturated heterocycles. The van der Waals surface area contributed by atoms with Crippen molar-refractivity contribution in [2.45, 2.75) is 38.1 Å². The summed E-state index contributed by atoms with van der Waals surface area (Å²) in [5.41, 5.74) is 7.22. The van der Waals surface area contributed by atoms with Crippen LogP contribution >= 0.6 is 27.7 Å². The summed E-state index contributed by atoms with van der Waals surface area (Å²) in [6.45, 7) is 6.56. The minimum atomic E-state index is 0.104. The largest absolute Gasteiger partial charge is 0.324 e. The van der Waals surface area contributed by atoms with E-state index in [1.807, 2.05) is 18.7 Å². The smallest absolute Gasteiger partial charge is 0.0277 e. The van der Waals surface area contributed by atoms with Gasteiger partial charge in [-0.25, -0.2) is 0 Å². The van der Waals surface area contributed by atoms with Crippen LogP contribution in [0, 0.1) is 5.92 Å². The Labute approximate surface area is 111 Å². The van der Waals surface area contributed by atoms with Gasteiger partial charge in [0.1, 0.15) is 0 Å². The molecule has 0 aliphatic carbocycles. The molecule has 1 aromatic carbocycles. The van der Waals surface area contributed by atoms with Crippen LogP contribution in [0.4, 0.5) is 0 Å². The molecule has 0 bridgehead atoms. The monoisotopic (exact) mass is 301 g/mol. The van der Waals surface area contributed by atoms with Gasteiger partial charge in [-0.05, 0) is 30.5 Å². The highest BCUT2D eigenvalue weighted by Gasteiger charge is 2.09. The highest BCUT2D eigenvalue weighted by molar-refractivity contribution is 9.10. The number of thioether (sulfide) groups is 1. The lowest BCUT2D eigenvalue weighted by molar-refractivity contribution is 0.636. The summed E-state index contributed by atoms with van der Waals surface area (Å²) in [5, 5.41) is 0. The van der Waals surface area contributed by atoms with E-state index in [9.17, 15) is 0 Å². The van der Waals surface area contributed by atoms with E-state index >= 15 is 0 Å². The van der Waals surface area contributed by atoms with Crippen LogP contribution < -0.4 is 5.73 Å². The van der Waals surface area contributed by atoms with Crippen LogP contribution in [0.3, 0.4) is 0 Å². The fraction of sp³-hybridized carbons (Fsp3) is 0.538. The van der Waals surface area contributed by atoms with Gasteiger partial charge in [0.25, 0.3) is 0 Å². The predicted octanol–water partition coefficient (Wildman–Crippen LogP) is 4.61. The van der Waals surface area contributed by atoms with E-state index in [1.165, 1.54) is 16.9 Å². The van der Waals surface area contributed by atoms with Gasteiger partial charge in [0.2, 0.25) is 0 Å². The van der Waals surface area contributed by atoms with E-state index in [-0.39, 0.29) is 6.04 Å². The van der Waals surface area contributed by atoms with E-state index in [4.69, 9.17) is 5.73 Å². The molecule has 90 valence electrons. The molecule has 16 heavy (non-hydrogen) atoms. The highest BCUT2D eigenvalue weighted by atomic mass is 79.9. The normalized spacial score (nSPS) is 14.8. The van der Waals surface area contributed by atoms with Crippen molar-refractivity contribution >= 4 is 27.7 Å². The summed E-state index contributed by atoms with van der Waals surface area (Å²) in [6.07, 6.45) is 1.23. The molecule has 0 aliphatic rings. The van der Waals surface area contributed by atoms with Crippen molar-refractivity contribution in [3.8, 4) is 0 Å². The van der Waals surface area contributed by atoms with Crippen LogP contribution in [-0.4, -0.2) is 5.75 Å². The summed E-state index contributed by atoms with van der Waals surface area (Å²) in [4.78, 5) is 1.31. The molecule has 2 unspecified atom stereocenters. The maximum Gasteiger partial charge on any atom is 0.0277 e.